The van der Waals surface area contributed by atoms with Gasteiger partial charge in [-0.3, -0.25) is 4.99 Å². The number of hydrogen-bond donors (Lipinski definition) is 0. The van der Waals surface area contributed by atoms with E-state index < -0.39 is 0 Å². The number of hydrogen-bond acceptors (Lipinski definition) is 3. The highest BCUT2D eigenvalue weighted by Crippen LogP contribution is 2.31. The van der Waals surface area contributed by atoms with Crippen molar-refractivity contribution in [3.8, 4) is 0 Å². The quantitative estimate of drug-likeness (QED) is 0.624. The SMILES string of the molecule is CCOC(=O)/C=C/c1ccc2c(c1)C(C)=NC(C(C)(C)C)C2. The van der Waals surface area contributed by atoms with E-state index >= 15 is 0 Å². The molecule has 0 bridgehead atoms. The van der Waals surface area contributed by atoms with Gasteiger partial charge in [0.15, 0.2) is 0 Å². The zero-order valence-corrected chi connectivity index (χ0v) is 14.1. The summed E-state index contributed by atoms with van der Waals surface area (Å²) in [6.45, 7) is 11.0. The average Bonchev–Trinajstić information content (AvgIpc) is 2.44. The van der Waals surface area contributed by atoms with Crippen LogP contribution in [0.15, 0.2) is 29.3 Å². The number of nitrogens with zero attached hydrogens (tertiary/aromatic N) is 1. The van der Waals surface area contributed by atoms with E-state index in [1.165, 1.54) is 17.2 Å². The van der Waals surface area contributed by atoms with Crippen LogP contribution >= 0.6 is 0 Å². The fourth-order valence-corrected chi connectivity index (χ4v) is 2.62. The first-order chi connectivity index (χ1) is 10.3. The first kappa shape index (κ1) is 16.5. The van der Waals surface area contributed by atoms with Gasteiger partial charge in [-0.15, -0.1) is 0 Å². The third-order valence-corrected chi connectivity index (χ3v) is 3.98. The van der Waals surface area contributed by atoms with Crippen molar-refractivity contribution < 1.29 is 9.53 Å². The maximum absolute atomic E-state index is 11.4. The number of rotatable bonds is 3. The summed E-state index contributed by atoms with van der Waals surface area (Å²) in [5.74, 6) is -0.307. The summed E-state index contributed by atoms with van der Waals surface area (Å²) in [4.78, 5) is 16.3. The highest BCUT2D eigenvalue weighted by molar-refractivity contribution is 6.01. The molecular formula is C19H25NO2. The van der Waals surface area contributed by atoms with E-state index in [0.717, 1.165) is 17.7 Å². The predicted octanol–water partition coefficient (Wildman–Crippen LogP) is 4.04. The molecule has 0 aliphatic carbocycles. The molecule has 1 aliphatic heterocycles. The molecule has 1 heterocycles. The van der Waals surface area contributed by atoms with Gasteiger partial charge in [0.05, 0.1) is 12.6 Å². The predicted molar refractivity (Wildman–Crippen MR) is 91.3 cm³/mol. The summed E-state index contributed by atoms with van der Waals surface area (Å²) in [5, 5.41) is 0. The molecule has 0 saturated heterocycles. The van der Waals surface area contributed by atoms with Gasteiger partial charge in [0.2, 0.25) is 0 Å². The smallest absolute Gasteiger partial charge is 0.330 e. The Labute approximate surface area is 133 Å². The summed E-state index contributed by atoms with van der Waals surface area (Å²) in [6, 6.07) is 6.62. The molecule has 22 heavy (non-hydrogen) atoms. The number of ether oxygens (including phenoxy) is 1. The second-order valence-electron chi connectivity index (χ2n) is 6.80. The Morgan fingerprint density at radius 2 is 2.14 bits per heavy atom. The molecule has 0 saturated carbocycles. The Balaban J connectivity index is 2.24. The fraction of sp³-hybridized carbons (Fsp3) is 0.474. The molecule has 0 fully saturated rings. The second-order valence-corrected chi connectivity index (χ2v) is 6.80. The molecule has 3 heteroatoms. The summed E-state index contributed by atoms with van der Waals surface area (Å²) in [6.07, 6.45) is 4.23. The third kappa shape index (κ3) is 3.85. The largest absolute Gasteiger partial charge is 0.463 e. The van der Waals surface area contributed by atoms with Crippen molar-refractivity contribution in [1.29, 1.82) is 0 Å². The second kappa shape index (κ2) is 6.47. The van der Waals surface area contributed by atoms with Gasteiger partial charge in [-0.1, -0.05) is 32.9 Å². The van der Waals surface area contributed by atoms with Crippen molar-refractivity contribution in [2.75, 3.05) is 6.61 Å². The summed E-state index contributed by atoms with van der Waals surface area (Å²) in [5.41, 5.74) is 4.76. The van der Waals surface area contributed by atoms with Crippen LogP contribution in [0.5, 0.6) is 0 Å². The van der Waals surface area contributed by atoms with Gasteiger partial charge in [-0.25, -0.2) is 4.79 Å². The summed E-state index contributed by atoms with van der Waals surface area (Å²) in [7, 11) is 0. The van der Waals surface area contributed by atoms with Crippen LogP contribution in [-0.2, 0) is 16.0 Å². The van der Waals surface area contributed by atoms with Crippen LogP contribution in [0.25, 0.3) is 6.08 Å². The van der Waals surface area contributed by atoms with Crippen LogP contribution in [0.1, 0.15) is 51.3 Å². The minimum absolute atomic E-state index is 0.168. The molecular weight excluding hydrogens is 274 g/mol. The highest BCUT2D eigenvalue weighted by Gasteiger charge is 2.28. The number of aliphatic imine (C=N–C) groups is 1. The van der Waals surface area contributed by atoms with E-state index in [9.17, 15) is 4.79 Å². The molecule has 1 aromatic rings. The average molecular weight is 299 g/mol. The van der Waals surface area contributed by atoms with Crippen molar-refractivity contribution >= 4 is 17.8 Å². The molecule has 1 atom stereocenters. The normalized spacial score (nSPS) is 18.0. The standard InChI is InChI=1S/C19H25NO2/c1-6-22-18(21)10-8-14-7-9-15-12-17(19(3,4)5)20-13(2)16(15)11-14/h7-11,17H,6,12H2,1-5H3/b10-8+. The Kier molecular flexibility index (Phi) is 4.84. The molecule has 0 radical (unpaired) electrons. The van der Waals surface area contributed by atoms with Gasteiger partial charge in [-0.2, -0.15) is 0 Å². The van der Waals surface area contributed by atoms with Crippen LogP contribution in [-0.4, -0.2) is 24.3 Å². The molecule has 1 aromatic carbocycles. The lowest BCUT2D eigenvalue weighted by Gasteiger charge is -2.32. The van der Waals surface area contributed by atoms with E-state index in [4.69, 9.17) is 9.73 Å². The van der Waals surface area contributed by atoms with Gasteiger partial charge >= 0.3 is 5.97 Å². The minimum atomic E-state index is -0.307. The first-order valence-electron chi connectivity index (χ1n) is 7.84. The molecule has 1 unspecified atom stereocenters. The van der Waals surface area contributed by atoms with Crippen LogP contribution in [0.3, 0.4) is 0 Å². The maximum atomic E-state index is 11.4. The van der Waals surface area contributed by atoms with E-state index in [1.807, 2.05) is 6.07 Å². The van der Waals surface area contributed by atoms with Crippen molar-refractivity contribution in [1.82, 2.24) is 0 Å². The third-order valence-electron chi connectivity index (χ3n) is 3.98. The van der Waals surface area contributed by atoms with E-state index in [0.29, 0.717) is 12.6 Å². The summed E-state index contributed by atoms with van der Waals surface area (Å²) < 4.78 is 4.90. The molecule has 118 valence electrons. The van der Waals surface area contributed by atoms with Crippen LogP contribution in [0, 0.1) is 5.41 Å². The lowest BCUT2D eigenvalue weighted by Crippen LogP contribution is -2.31. The van der Waals surface area contributed by atoms with Crippen LogP contribution in [0.4, 0.5) is 0 Å². The van der Waals surface area contributed by atoms with Crippen molar-refractivity contribution in [3.63, 3.8) is 0 Å². The molecule has 0 spiro atoms. The Bertz CT molecular complexity index is 621. The van der Waals surface area contributed by atoms with E-state index in [-0.39, 0.29) is 11.4 Å². The zero-order chi connectivity index (χ0) is 16.3. The maximum Gasteiger partial charge on any atom is 0.330 e. The molecule has 1 aliphatic rings. The van der Waals surface area contributed by atoms with Gasteiger partial charge in [0.25, 0.3) is 0 Å². The number of carbonyl (C=O) groups excluding carboxylic acids is 1. The first-order valence-corrected chi connectivity index (χ1v) is 7.84. The number of benzene rings is 1. The zero-order valence-electron chi connectivity index (χ0n) is 14.1. The Morgan fingerprint density at radius 1 is 1.41 bits per heavy atom. The monoisotopic (exact) mass is 299 g/mol. The van der Waals surface area contributed by atoms with Gasteiger partial charge in [0.1, 0.15) is 0 Å². The number of fused-ring (bicyclic) bond motifs is 1. The fourth-order valence-electron chi connectivity index (χ4n) is 2.62. The molecule has 0 amide bonds. The van der Waals surface area contributed by atoms with Crippen molar-refractivity contribution in [3.05, 3.63) is 41.0 Å². The van der Waals surface area contributed by atoms with Crippen molar-refractivity contribution in [2.24, 2.45) is 10.4 Å². The molecule has 0 aromatic heterocycles. The Hall–Kier alpha value is -1.90. The summed E-state index contributed by atoms with van der Waals surface area (Å²) >= 11 is 0. The lowest BCUT2D eigenvalue weighted by atomic mass is 9.80. The van der Waals surface area contributed by atoms with E-state index in [1.54, 1.807) is 13.0 Å². The Morgan fingerprint density at radius 3 is 2.77 bits per heavy atom. The van der Waals surface area contributed by atoms with Gasteiger partial charge in [0, 0.05) is 11.8 Å². The topological polar surface area (TPSA) is 38.7 Å². The molecule has 2 rings (SSSR count). The highest BCUT2D eigenvalue weighted by atomic mass is 16.5. The molecule has 3 nitrogen and oxygen atoms in total. The van der Waals surface area contributed by atoms with Gasteiger partial charge < -0.3 is 4.74 Å². The number of esters is 1. The van der Waals surface area contributed by atoms with Crippen LogP contribution < -0.4 is 0 Å². The van der Waals surface area contributed by atoms with E-state index in [2.05, 4.69) is 39.8 Å². The molecule has 0 N–H and O–H groups in total. The van der Waals surface area contributed by atoms with Crippen LogP contribution in [0.2, 0.25) is 0 Å². The number of carbonyl (C=O) groups is 1. The lowest BCUT2D eigenvalue weighted by molar-refractivity contribution is -0.137. The van der Waals surface area contributed by atoms with Gasteiger partial charge in [-0.05, 0) is 54.5 Å². The minimum Gasteiger partial charge on any atom is -0.463 e. The van der Waals surface area contributed by atoms with Crippen molar-refractivity contribution in [2.45, 2.75) is 47.1 Å².